The Morgan fingerprint density at radius 1 is 1.21 bits per heavy atom. The van der Waals surface area contributed by atoms with Crippen LogP contribution in [0.15, 0.2) is 43.0 Å². The molecule has 176 valence electrons. The number of primary amides is 1. The minimum atomic E-state index is -1.14. The maximum absolute atomic E-state index is 11.9. The molecule has 3 heterocycles. The van der Waals surface area contributed by atoms with Crippen LogP contribution < -0.4 is 15.8 Å². The topological polar surface area (TPSA) is 150 Å². The summed E-state index contributed by atoms with van der Waals surface area (Å²) in [6.45, 7) is 4.59. The number of nitrogens with one attached hydrogen (secondary N) is 1. The van der Waals surface area contributed by atoms with Crippen molar-refractivity contribution in [2.75, 3.05) is 13.6 Å². The normalized spacial score (nSPS) is 11.3. The molecule has 0 fully saturated rings. The van der Waals surface area contributed by atoms with E-state index < -0.39 is 12.1 Å². The molecule has 0 radical (unpaired) electrons. The molecule has 0 saturated heterocycles. The molecule has 11 heteroatoms. The monoisotopic (exact) mass is 463 g/mol. The van der Waals surface area contributed by atoms with Crippen molar-refractivity contribution in [3.05, 3.63) is 54.4 Å². The van der Waals surface area contributed by atoms with Gasteiger partial charge in [-0.05, 0) is 31.2 Å². The standard InChI is InChI=1S/C23H25N7O4/c1-13(2)21-17(10-28-30(21)22(24)31)18-11-29(23(32)33)19-5-4-15(9-16(18)19)34-20-8-14(6-7-25-3)26-12-27-20/h4-5,8-13,25H,6-7H2,1-3H3,(H2,24,31)(H,32,33). The van der Waals surface area contributed by atoms with Crippen LogP contribution in [0.2, 0.25) is 0 Å². The van der Waals surface area contributed by atoms with Crippen molar-refractivity contribution in [3.63, 3.8) is 0 Å². The van der Waals surface area contributed by atoms with Gasteiger partial charge in [0.2, 0.25) is 5.88 Å². The predicted octanol–water partition coefficient (Wildman–Crippen LogP) is 3.43. The average molecular weight is 463 g/mol. The second-order valence-corrected chi connectivity index (χ2v) is 8.03. The number of likely N-dealkylation sites (N-methyl/N-ethyl adjacent to an activating group) is 1. The fourth-order valence-electron chi connectivity index (χ4n) is 3.89. The third-order valence-corrected chi connectivity index (χ3v) is 5.39. The molecule has 4 N–H and O–H groups in total. The number of aromatic nitrogens is 5. The van der Waals surface area contributed by atoms with E-state index >= 15 is 0 Å². The molecular formula is C23H25N7O4. The number of fused-ring (bicyclic) bond motifs is 1. The molecule has 0 unspecified atom stereocenters. The Bertz CT molecular complexity index is 1370. The lowest BCUT2D eigenvalue weighted by molar-refractivity contribution is 0.197. The number of benzene rings is 1. The number of ether oxygens (including phenoxy) is 1. The molecule has 1 amide bonds. The van der Waals surface area contributed by atoms with Crippen LogP contribution in [0.1, 0.15) is 31.2 Å². The highest BCUT2D eigenvalue weighted by Crippen LogP contribution is 2.37. The minimum absolute atomic E-state index is 0.0929. The summed E-state index contributed by atoms with van der Waals surface area (Å²) in [6, 6.07) is 6.14. The molecule has 4 rings (SSSR count). The van der Waals surface area contributed by atoms with Gasteiger partial charge < -0.3 is 20.9 Å². The summed E-state index contributed by atoms with van der Waals surface area (Å²) >= 11 is 0. The van der Waals surface area contributed by atoms with E-state index in [4.69, 9.17) is 10.5 Å². The van der Waals surface area contributed by atoms with Gasteiger partial charge in [-0.3, -0.25) is 4.57 Å². The molecule has 4 aromatic rings. The minimum Gasteiger partial charge on any atom is -0.464 e. The van der Waals surface area contributed by atoms with Crippen LogP contribution in [0.3, 0.4) is 0 Å². The Balaban J connectivity index is 1.81. The first kappa shape index (κ1) is 22.9. The number of hydrogen-bond donors (Lipinski definition) is 3. The molecule has 0 saturated carbocycles. The van der Waals surface area contributed by atoms with E-state index in [1.54, 1.807) is 24.3 Å². The molecule has 0 atom stereocenters. The van der Waals surface area contributed by atoms with Crippen molar-refractivity contribution in [1.29, 1.82) is 0 Å². The van der Waals surface area contributed by atoms with Gasteiger partial charge in [-0.1, -0.05) is 13.8 Å². The number of carbonyl (C=O) groups is 2. The van der Waals surface area contributed by atoms with Gasteiger partial charge in [-0.25, -0.2) is 19.6 Å². The Labute approximate surface area is 195 Å². The smallest absolute Gasteiger partial charge is 0.416 e. The molecule has 34 heavy (non-hydrogen) atoms. The molecule has 0 aliphatic heterocycles. The van der Waals surface area contributed by atoms with Gasteiger partial charge in [0.15, 0.2) is 0 Å². The highest BCUT2D eigenvalue weighted by Gasteiger charge is 2.23. The van der Waals surface area contributed by atoms with Gasteiger partial charge in [-0.15, -0.1) is 0 Å². The summed E-state index contributed by atoms with van der Waals surface area (Å²) in [5, 5.41) is 17.6. The first-order valence-electron chi connectivity index (χ1n) is 10.7. The fraction of sp³-hybridized carbons (Fsp3) is 0.261. The van der Waals surface area contributed by atoms with E-state index in [1.807, 2.05) is 20.9 Å². The van der Waals surface area contributed by atoms with Gasteiger partial charge >= 0.3 is 12.1 Å². The third-order valence-electron chi connectivity index (χ3n) is 5.39. The van der Waals surface area contributed by atoms with Crippen molar-refractivity contribution in [2.45, 2.75) is 26.2 Å². The van der Waals surface area contributed by atoms with E-state index in [2.05, 4.69) is 20.4 Å². The SMILES string of the molecule is CNCCc1cc(Oc2ccc3c(c2)c(-c2cnn(C(N)=O)c2C(C)C)cn3C(=O)O)ncn1. The van der Waals surface area contributed by atoms with Gasteiger partial charge in [0, 0.05) is 47.4 Å². The van der Waals surface area contributed by atoms with Gasteiger partial charge in [-0.2, -0.15) is 9.78 Å². The summed E-state index contributed by atoms with van der Waals surface area (Å²) in [7, 11) is 1.87. The fourth-order valence-corrected chi connectivity index (χ4v) is 3.89. The summed E-state index contributed by atoms with van der Waals surface area (Å²) in [6.07, 6.45) is 4.06. The lowest BCUT2D eigenvalue weighted by Gasteiger charge is -2.10. The lowest BCUT2D eigenvalue weighted by atomic mass is 9.99. The molecule has 11 nitrogen and oxygen atoms in total. The first-order chi connectivity index (χ1) is 16.3. The number of carboxylic acid groups (broad SMARTS) is 1. The summed E-state index contributed by atoms with van der Waals surface area (Å²) < 4.78 is 8.23. The van der Waals surface area contributed by atoms with Crippen molar-refractivity contribution >= 4 is 23.0 Å². The zero-order valence-corrected chi connectivity index (χ0v) is 19.0. The maximum Gasteiger partial charge on any atom is 0.416 e. The van der Waals surface area contributed by atoms with Crippen LogP contribution in [0.25, 0.3) is 22.0 Å². The van der Waals surface area contributed by atoms with E-state index in [-0.39, 0.29) is 5.92 Å². The van der Waals surface area contributed by atoms with E-state index in [1.165, 1.54) is 18.7 Å². The van der Waals surface area contributed by atoms with Crippen LogP contribution in [0.5, 0.6) is 11.6 Å². The number of carbonyl (C=O) groups excluding carboxylic acids is 1. The Morgan fingerprint density at radius 3 is 2.68 bits per heavy atom. The van der Waals surface area contributed by atoms with Crippen LogP contribution >= 0.6 is 0 Å². The highest BCUT2D eigenvalue weighted by molar-refractivity contribution is 6.01. The third kappa shape index (κ3) is 4.33. The highest BCUT2D eigenvalue weighted by atomic mass is 16.5. The Morgan fingerprint density at radius 2 is 2.00 bits per heavy atom. The average Bonchev–Trinajstić information content (AvgIpc) is 3.40. The van der Waals surface area contributed by atoms with Crippen molar-refractivity contribution < 1.29 is 19.4 Å². The van der Waals surface area contributed by atoms with E-state index in [9.17, 15) is 14.7 Å². The van der Waals surface area contributed by atoms with Crippen molar-refractivity contribution in [2.24, 2.45) is 5.73 Å². The first-order valence-corrected chi connectivity index (χ1v) is 10.7. The van der Waals surface area contributed by atoms with Crippen LogP contribution in [-0.2, 0) is 6.42 Å². The zero-order valence-electron chi connectivity index (χ0n) is 19.0. The van der Waals surface area contributed by atoms with Gasteiger partial charge in [0.1, 0.15) is 12.1 Å². The molecule has 0 bridgehead atoms. The maximum atomic E-state index is 11.9. The Kier molecular flexibility index (Phi) is 6.28. The lowest BCUT2D eigenvalue weighted by Crippen LogP contribution is -2.23. The number of nitrogens with zero attached hydrogens (tertiary/aromatic N) is 5. The zero-order chi connectivity index (χ0) is 24.4. The van der Waals surface area contributed by atoms with Crippen LogP contribution in [0, 0.1) is 0 Å². The van der Waals surface area contributed by atoms with Crippen molar-refractivity contribution in [1.82, 2.24) is 29.6 Å². The predicted molar refractivity (Wildman–Crippen MR) is 125 cm³/mol. The number of rotatable bonds is 7. The van der Waals surface area contributed by atoms with Crippen LogP contribution in [-0.4, -0.2) is 55.1 Å². The quantitative estimate of drug-likeness (QED) is 0.377. The van der Waals surface area contributed by atoms with Gasteiger partial charge in [0.05, 0.1) is 17.4 Å². The second kappa shape index (κ2) is 9.32. The molecule has 0 aliphatic rings. The van der Waals surface area contributed by atoms with E-state index in [0.717, 1.165) is 27.9 Å². The van der Waals surface area contributed by atoms with E-state index in [0.29, 0.717) is 39.4 Å². The Hall–Kier alpha value is -4.25. The largest absolute Gasteiger partial charge is 0.464 e. The molecular weight excluding hydrogens is 438 g/mol. The number of nitrogens with two attached hydrogens (primary N) is 1. The summed E-state index contributed by atoms with van der Waals surface area (Å²) in [4.78, 5) is 32.2. The number of hydrogen-bond acceptors (Lipinski definition) is 7. The molecule has 0 aliphatic carbocycles. The van der Waals surface area contributed by atoms with Crippen LogP contribution in [0.4, 0.5) is 9.59 Å². The summed E-state index contributed by atoms with van der Waals surface area (Å²) in [5.74, 6) is 0.761. The number of amides is 1. The van der Waals surface area contributed by atoms with Crippen molar-refractivity contribution in [3.8, 4) is 22.8 Å². The second-order valence-electron chi connectivity index (χ2n) is 8.03. The molecule has 1 aromatic carbocycles. The summed E-state index contributed by atoms with van der Waals surface area (Å²) in [5.41, 5.74) is 8.59. The molecule has 3 aromatic heterocycles. The van der Waals surface area contributed by atoms with Gasteiger partial charge in [0.25, 0.3) is 0 Å². The molecule has 0 spiro atoms.